The number of H-pyrrole nitrogens is 1. The molecule has 2 heterocycles. The first-order valence-electron chi connectivity index (χ1n) is 9.65. The lowest BCUT2D eigenvalue weighted by Crippen LogP contribution is -2.32. The van der Waals surface area contributed by atoms with Crippen molar-refractivity contribution in [2.24, 2.45) is 0 Å². The van der Waals surface area contributed by atoms with Crippen LogP contribution in [-0.4, -0.2) is 40.1 Å². The van der Waals surface area contributed by atoms with E-state index >= 15 is 0 Å². The summed E-state index contributed by atoms with van der Waals surface area (Å²) < 4.78 is 1.57. The summed E-state index contributed by atoms with van der Waals surface area (Å²) in [6.45, 7) is 5.99. The molecule has 1 aliphatic heterocycles. The van der Waals surface area contributed by atoms with Gasteiger partial charge in [0.2, 0.25) is 0 Å². The molecule has 0 unspecified atom stereocenters. The molecule has 4 rings (SSSR count). The molecule has 2 aromatic carbocycles. The van der Waals surface area contributed by atoms with Crippen LogP contribution in [0.5, 0.6) is 0 Å². The van der Waals surface area contributed by atoms with Crippen molar-refractivity contribution in [2.45, 2.75) is 13.8 Å². The van der Waals surface area contributed by atoms with E-state index in [4.69, 9.17) is 0 Å². The highest BCUT2D eigenvalue weighted by Crippen LogP contribution is 2.25. The minimum atomic E-state index is -0.192. The van der Waals surface area contributed by atoms with Crippen LogP contribution in [0.3, 0.4) is 0 Å². The van der Waals surface area contributed by atoms with E-state index in [9.17, 15) is 9.59 Å². The van der Waals surface area contributed by atoms with Crippen LogP contribution < -0.4 is 15.9 Å². The number of hydrogen-bond donors (Lipinski definition) is 2. The zero-order valence-electron chi connectivity index (χ0n) is 16.6. The first-order chi connectivity index (χ1) is 14.0. The molecule has 1 fully saturated rings. The Bertz CT molecular complexity index is 1080. The number of rotatable bonds is 4. The van der Waals surface area contributed by atoms with Gasteiger partial charge in [0, 0.05) is 53.4 Å². The Labute approximate surface area is 173 Å². The predicted molar refractivity (Wildman–Crippen MR) is 120 cm³/mol. The Balaban J connectivity index is 1.48. The highest BCUT2D eigenvalue weighted by atomic mass is 32.2. The zero-order valence-corrected chi connectivity index (χ0v) is 17.4. The van der Waals surface area contributed by atoms with Gasteiger partial charge in [0.25, 0.3) is 5.91 Å². The smallest absolute Gasteiger partial charge is 0.330 e. The van der Waals surface area contributed by atoms with Crippen LogP contribution in [-0.2, 0) is 0 Å². The summed E-state index contributed by atoms with van der Waals surface area (Å²) in [6, 6.07) is 13.2. The van der Waals surface area contributed by atoms with Crippen LogP contribution in [0.15, 0.2) is 53.5 Å². The summed E-state index contributed by atoms with van der Waals surface area (Å²) >= 11 is 1.99. The molecule has 1 aliphatic rings. The number of thioether (sulfide) groups is 1. The van der Waals surface area contributed by atoms with Gasteiger partial charge in [-0.1, -0.05) is 0 Å². The van der Waals surface area contributed by atoms with Gasteiger partial charge in [-0.15, -0.1) is 0 Å². The summed E-state index contributed by atoms with van der Waals surface area (Å²) in [4.78, 5) is 29.6. The van der Waals surface area contributed by atoms with Crippen molar-refractivity contribution in [3.63, 3.8) is 0 Å². The molecule has 7 heteroatoms. The van der Waals surface area contributed by atoms with Crippen molar-refractivity contribution in [3.8, 4) is 5.69 Å². The lowest BCUT2D eigenvalue weighted by molar-refractivity contribution is 0.102. The normalized spacial score (nSPS) is 14.1. The molecule has 29 heavy (non-hydrogen) atoms. The van der Waals surface area contributed by atoms with Gasteiger partial charge in [0.1, 0.15) is 0 Å². The second-order valence-corrected chi connectivity index (χ2v) is 8.40. The minimum absolute atomic E-state index is 0.167. The molecular formula is C22H24N4O2S. The van der Waals surface area contributed by atoms with Gasteiger partial charge in [-0.2, -0.15) is 11.8 Å². The van der Waals surface area contributed by atoms with Gasteiger partial charge >= 0.3 is 5.69 Å². The van der Waals surface area contributed by atoms with Crippen molar-refractivity contribution in [2.75, 3.05) is 34.8 Å². The molecule has 6 nitrogen and oxygen atoms in total. The summed E-state index contributed by atoms with van der Waals surface area (Å²) in [5, 5.41) is 3.00. The molecule has 1 saturated heterocycles. The number of aromatic amines is 1. The monoisotopic (exact) mass is 408 g/mol. The lowest BCUT2D eigenvalue weighted by atomic mass is 10.1. The minimum Gasteiger partial charge on any atom is -0.370 e. The number of aromatic nitrogens is 2. The third kappa shape index (κ3) is 4.10. The number of carbonyl (C=O) groups is 1. The number of benzene rings is 2. The third-order valence-electron chi connectivity index (χ3n) is 5.18. The molecule has 0 spiro atoms. The van der Waals surface area contributed by atoms with Crippen molar-refractivity contribution in [3.05, 3.63) is 76.0 Å². The number of hydrogen-bond acceptors (Lipinski definition) is 4. The third-order valence-corrected chi connectivity index (χ3v) is 6.12. The topological polar surface area (TPSA) is 70.1 Å². The van der Waals surface area contributed by atoms with Crippen LogP contribution in [0.25, 0.3) is 5.69 Å². The fourth-order valence-corrected chi connectivity index (χ4v) is 4.44. The highest BCUT2D eigenvalue weighted by molar-refractivity contribution is 7.99. The van der Waals surface area contributed by atoms with Crippen molar-refractivity contribution >= 4 is 29.0 Å². The van der Waals surface area contributed by atoms with E-state index in [0.29, 0.717) is 5.56 Å². The Hall–Kier alpha value is -2.93. The molecular weight excluding hydrogens is 384 g/mol. The molecule has 0 radical (unpaired) electrons. The molecule has 3 aromatic rings. The quantitative estimate of drug-likeness (QED) is 0.692. The number of imidazole rings is 1. The predicted octanol–water partition coefficient (Wildman–Crippen LogP) is 3.59. The second-order valence-electron chi connectivity index (χ2n) is 7.17. The van der Waals surface area contributed by atoms with Crippen molar-refractivity contribution in [1.29, 1.82) is 0 Å². The molecule has 0 saturated carbocycles. The maximum atomic E-state index is 12.7. The van der Waals surface area contributed by atoms with Gasteiger partial charge in [-0.05, 0) is 61.9 Å². The van der Waals surface area contributed by atoms with E-state index in [-0.39, 0.29) is 11.6 Å². The molecule has 0 bridgehead atoms. The standard InChI is InChI=1S/C22H24N4O2S/c1-15-13-19(25-9-11-29-12-10-25)7-8-20(15)24-21(27)17-3-5-18(6-4-17)26-16(2)14-23-22(26)28/h3-8,13-14H,9-12H2,1-2H3,(H,23,28)(H,24,27). The van der Waals surface area contributed by atoms with Crippen LogP contribution in [0.2, 0.25) is 0 Å². The zero-order chi connectivity index (χ0) is 20.4. The first kappa shape index (κ1) is 19.4. The van der Waals surface area contributed by atoms with Crippen LogP contribution in [0.4, 0.5) is 11.4 Å². The Kier molecular flexibility index (Phi) is 5.49. The van der Waals surface area contributed by atoms with Gasteiger partial charge in [0.15, 0.2) is 0 Å². The van der Waals surface area contributed by atoms with Crippen molar-refractivity contribution < 1.29 is 4.79 Å². The fraction of sp³-hybridized carbons (Fsp3) is 0.273. The fourth-order valence-electron chi connectivity index (χ4n) is 3.54. The molecule has 0 atom stereocenters. The van der Waals surface area contributed by atoms with Gasteiger partial charge in [-0.3, -0.25) is 9.36 Å². The molecule has 150 valence electrons. The van der Waals surface area contributed by atoms with Gasteiger partial charge in [-0.25, -0.2) is 4.79 Å². The summed E-state index contributed by atoms with van der Waals surface area (Å²) in [7, 11) is 0. The van der Waals surface area contributed by atoms with Gasteiger partial charge < -0.3 is 15.2 Å². The number of nitrogens with one attached hydrogen (secondary N) is 2. The van der Waals surface area contributed by atoms with Crippen LogP contribution in [0.1, 0.15) is 21.6 Å². The van der Waals surface area contributed by atoms with Crippen LogP contribution >= 0.6 is 11.8 Å². The lowest BCUT2D eigenvalue weighted by Gasteiger charge is -2.29. The van der Waals surface area contributed by atoms with E-state index in [1.54, 1.807) is 35.0 Å². The van der Waals surface area contributed by atoms with Crippen molar-refractivity contribution in [1.82, 2.24) is 9.55 Å². The van der Waals surface area contributed by atoms with Crippen LogP contribution in [0, 0.1) is 13.8 Å². The maximum Gasteiger partial charge on any atom is 0.330 e. The second kappa shape index (κ2) is 8.21. The van der Waals surface area contributed by atoms with E-state index < -0.39 is 0 Å². The maximum absolute atomic E-state index is 12.7. The first-order valence-corrected chi connectivity index (χ1v) is 10.8. The Morgan fingerprint density at radius 3 is 2.34 bits per heavy atom. The molecule has 1 amide bonds. The molecule has 2 N–H and O–H groups in total. The van der Waals surface area contributed by atoms with E-state index in [1.165, 1.54) is 5.69 Å². The number of carbonyl (C=O) groups excluding carboxylic acids is 1. The summed E-state index contributed by atoms with van der Waals surface area (Å²) in [5.74, 6) is 2.14. The van der Waals surface area contributed by atoms with E-state index in [2.05, 4.69) is 27.3 Å². The highest BCUT2D eigenvalue weighted by Gasteiger charge is 2.14. The average Bonchev–Trinajstić information content (AvgIpc) is 3.08. The van der Waals surface area contributed by atoms with E-state index in [1.807, 2.05) is 31.7 Å². The largest absolute Gasteiger partial charge is 0.370 e. The Morgan fingerprint density at radius 1 is 1.03 bits per heavy atom. The number of anilines is 2. The average molecular weight is 409 g/mol. The Morgan fingerprint density at radius 2 is 1.72 bits per heavy atom. The SMILES string of the molecule is Cc1cc(N2CCSCC2)ccc1NC(=O)c1ccc(-n2c(C)c[nH]c2=O)cc1. The number of amides is 1. The van der Waals surface area contributed by atoms with E-state index in [0.717, 1.165) is 47.2 Å². The molecule has 0 aliphatic carbocycles. The molecule has 1 aromatic heterocycles. The number of nitrogens with zero attached hydrogens (tertiary/aromatic N) is 2. The number of aryl methyl sites for hydroxylation is 2. The summed E-state index contributed by atoms with van der Waals surface area (Å²) in [5.41, 5.74) is 4.96. The summed E-state index contributed by atoms with van der Waals surface area (Å²) in [6.07, 6.45) is 1.66. The van der Waals surface area contributed by atoms with Gasteiger partial charge in [0.05, 0.1) is 5.69 Å².